The Morgan fingerprint density at radius 2 is 1.74 bits per heavy atom. The van der Waals surface area contributed by atoms with E-state index in [-0.39, 0.29) is 11.4 Å². The molecule has 1 aliphatic heterocycles. The topological polar surface area (TPSA) is 84.0 Å². The molecule has 1 heterocycles. The lowest BCUT2D eigenvalue weighted by molar-refractivity contribution is 0.435. The zero-order valence-corrected chi connectivity index (χ0v) is 11.5. The van der Waals surface area contributed by atoms with Crippen LogP contribution in [0.1, 0.15) is 46.0 Å². The summed E-state index contributed by atoms with van der Waals surface area (Å²) in [5.41, 5.74) is 0.106. The van der Waals surface area contributed by atoms with Crippen LogP contribution in [-0.2, 0) is 0 Å². The van der Waals surface area contributed by atoms with Gasteiger partial charge >= 0.3 is 0 Å². The molecule has 5 nitrogen and oxygen atoms in total. The molecular weight excluding hydrogens is 238 g/mol. The van der Waals surface area contributed by atoms with Crippen molar-refractivity contribution in [1.29, 1.82) is 10.5 Å². The highest BCUT2D eigenvalue weighted by atomic mass is 15.2. The Balaban J connectivity index is 2.26. The summed E-state index contributed by atoms with van der Waals surface area (Å²) in [5, 5.41) is 24.2. The molecule has 0 aromatic rings. The fraction of sp³-hybridized carbons (Fsp3) is 0.643. The van der Waals surface area contributed by atoms with Gasteiger partial charge in [-0.05, 0) is 26.7 Å². The zero-order valence-electron chi connectivity index (χ0n) is 11.5. The smallest absolute Gasteiger partial charge is 0.153 e. The predicted octanol–water partition coefficient (Wildman–Crippen LogP) is 1.95. The highest BCUT2D eigenvalue weighted by Crippen LogP contribution is 2.23. The number of hydrogen-bond donors (Lipinski definition) is 2. The number of amidine groups is 1. The van der Waals surface area contributed by atoms with Crippen molar-refractivity contribution in [3.63, 3.8) is 0 Å². The van der Waals surface area contributed by atoms with E-state index in [0.29, 0.717) is 6.04 Å². The Morgan fingerprint density at radius 3 is 2.32 bits per heavy atom. The van der Waals surface area contributed by atoms with Gasteiger partial charge in [0.1, 0.15) is 23.7 Å². The van der Waals surface area contributed by atoms with Crippen LogP contribution in [0, 0.1) is 22.7 Å². The highest BCUT2D eigenvalue weighted by Gasteiger charge is 2.33. The molecule has 0 unspecified atom stereocenters. The Bertz CT molecular complexity index is 495. The quantitative estimate of drug-likeness (QED) is 0.752. The van der Waals surface area contributed by atoms with Crippen LogP contribution >= 0.6 is 0 Å². The van der Waals surface area contributed by atoms with Crippen LogP contribution in [0.25, 0.3) is 0 Å². The molecule has 0 saturated heterocycles. The van der Waals surface area contributed by atoms with Gasteiger partial charge in [0.25, 0.3) is 0 Å². The van der Waals surface area contributed by atoms with Crippen LogP contribution in [0.15, 0.2) is 16.4 Å². The number of aliphatic imine (C=N–C) groups is 1. The van der Waals surface area contributed by atoms with Gasteiger partial charge in [-0.25, -0.2) is 0 Å². The molecule has 1 aliphatic carbocycles. The summed E-state index contributed by atoms with van der Waals surface area (Å²) in [7, 11) is 0. The predicted molar refractivity (Wildman–Crippen MR) is 72.9 cm³/mol. The minimum atomic E-state index is -0.442. The lowest BCUT2D eigenvalue weighted by Gasteiger charge is -2.35. The molecule has 1 saturated carbocycles. The molecule has 2 rings (SSSR count). The Labute approximate surface area is 114 Å². The normalized spacial score (nSPS) is 25.2. The van der Waals surface area contributed by atoms with Crippen molar-refractivity contribution in [2.24, 2.45) is 4.99 Å². The number of allylic oxidation sites excluding steroid dienone is 2. The summed E-state index contributed by atoms with van der Waals surface area (Å²) in [6, 6.07) is 4.36. The van der Waals surface area contributed by atoms with Crippen LogP contribution in [0.3, 0.4) is 0 Å². The Hall–Kier alpha value is -2.01. The summed E-state index contributed by atoms with van der Waals surface area (Å²) in [6.07, 6.45) is 5.95. The molecule has 2 N–H and O–H groups in total. The lowest BCUT2D eigenvalue weighted by atomic mass is 9.94. The third-order valence-electron chi connectivity index (χ3n) is 3.63. The summed E-state index contributed by atoms with van der Waals surface area (Å²) in [4.78, 5) is 4.76. The summed E-state index contributed by atoms with van der Waals surface area (Å²) in [5.74, 6) is 0.759. The number of rotatable bonds is 1. The first-order valence-electron chi connectivity index (χ1n) is 6.75. The fourth-order valence-electron chi connectivity index (χ4n) is 2.53. The molecule has 0 aromatic heterocycles. The van der Waals surface area contributed by atoms with Gasteiger partial charge in [-0.1, -0.05) is 19.3 Å². The van der Waals surface area contributed by atoms with E-state index in [2.05, 4.69) is 10.6 Å². The maximum Gasteiger partial charge on any atom is 0.153 e. The van der Waals surface area contributed by atoms with Crippen LogP contribution in [0.4, 0.5) is 0 Å². The van der Waals surface area contributed by atoms with Gasteiger partial charge in [-0.2, -0.15) is 10.5 Å². The molecule has 0 atom stereocenters. The molecule has 2 aliphatic rings. The summed E-state index contributed by atoms with van der Waals surface area (Å²) in [6.45, 7) is 3.93. The van der Waals surface area contributed by atoms with Crippen molar-refractivity contribution in [3.05, 3.63) is 11.4 Å². The van der Waals surface area contributed by atoms with Gasteiger partial charge in [0, 0.05) is 0 Å². The van der Waals surface area contributed by atoms with E-state index in [4.69, 9.17) is 15.5 Å². The van der Waals surface area contributed by atoms with E-state index in [1.807, 2.05) is 26.0 Å². The third-order valence-corrected chi connectivity index (χ3v) is 3.63. The van der Waals surface area contributed by atoms with Crippen molar-refractivity contribution in [2.75, 3.05) is 0 Å². The SMILES string of the molecule is CC1(C)NC(C#N)=C(C#N)NC1=NC1CCCCC1. The lowest BCUT2D eigenvalue weighted by Crippen LogP contribution is -2.56. The number of nitrogens with one attached hydrogen (secondary N) is 2. The van der Waals surface area contributed by atoms with E-state index in [1.54, 1.807) is 0 Å². The molecule has 19 heavy (non-hydrogen) atoms. The van der Waals surface area contributed by atoms with Gasteiger partial charge in [0.2, 0.25) is 0 Å². The second-order valence-electron chi connectivity index (χ2n) is 5.62. The Morgan fingerprint density at radius 1 is 1.11 bits per heavy atom. The number of nitriles is 2. The zero-order chi connectivity index (χ0) is 13.9. The minimum Gasteiger partial charge on any atom is -0.362 e. The molecule has 0 radical (unpaired) electrons. The van der Waals surface area contributed by atoms with E-state index in [1.165, 1.54) is 19.3 Å². The van der Waals surface area contributed by atoms with Gasteiger partial charge in [-0.3, -0.25) is 4.99 Å². The van der Waals surface area contributed by atoms with Crippen LogP contribution in [-0.4, -0.2) is 17.4 Å². The Kier molecular flexibility index (Phi) is 3.76. The van der Waals surface area contributed by atoms with Gasteiger partial charge in [-0.15, -0.1) is 0 Å². The largest absolute Gasteiger partial charge is 0.362 e. The summed E-state index contributed by atoms with van der Waals surface area (Å²) < 4.78 is 0. The van der Waals surface area contributed by atoms with Crippen LogP contribution < -0.4 is 10.6 Å². The standard InChI is InChI=1S/C14H19N5/c1-14(2)13(17-10-6-4-3-5-7-10)18-11(8-15)12(9-16)19-14/h10,19H,3-7H2,1-2H3,(H,17,18). The molecule has 0 bridgehead atoms. The van der Waals surface area contributed by atoms with E-state index < -0.39 is 5.54 Å². The highest BCUT2D eigenvalue weighted by molar-refractivity contribution is 5.94. The second kappa shape index (κ2) is 5.32. The van der Waals surface area contributed by atoms with Gasteiger partial charge in [0.05, 0.1) is 11.6 Å². The van der Waals surface area contributed by atoms with E-state index in [0.717, 1.165) is 18.7 Å². The molecule has 0 spiro atoms. The number of nitrogens with zero attached hydrogens (tertiary/aromatic N) is 3. The average molecular weight is 257 g/mol. The van der Waals surface area contributed by atoms with Gasteiger partial charge < -0.3 is 10.6 Å². The van der Waals surface area contributed by atoms with Crippen molar-refractivity contribution < 1.29 is 0 Å². The first-order valence-corrected chi connectivity index (χ1v) is 6.75. The van der Waals surface area contributed by atoms with Crippen LogP contribution in [0.2, 0.25) is 0 Å². The third kappa shape index (κ3) is 2.88. The minimum absolute atomic E-state index is 0.261. The van der Waals surface area contributed by atoms with Crippen LogP contribution in [0.5, 0.6) is 0 Å². The van der Waals surface area contributed by atoms with Crippen molar-refractivity contribution >= 4 is 5.84 Å². The second-order valence-corrected chi connectivity index (χ2v) is 5.62. The average Bonchev–Trinajstić information content (AvgIpc) is 2.41. The van der Waals surface area contributed by atoms with Gasteiger partial charge in [0.15, 0.2) is 5.70 Å². The first-order chi connectivity index (χ1) is 9.06. The molecule has 1 fully saturated rings. The van der Waals surface area contributed by atoms with Crippen molar-refractivity contribution in [1.82, 2.24) is 10.6 Å². The fourth-order valence-corrected chi connectivity index (χ4v) is 2.53. The van der Waals surface area contributed by atoms with E-state index in [9.17, 15) is 0 Å². The van der Waals surface area contributed by atoms with E-state index >= 15 is 0 Å². The summed E-state index contributed by atoms with van der Waals surface area (Å²) >= 11 is 0. The molecular formula is C14H19N5. The first kappa shape index (κ1) is 13.4. The molecule has 0 aromatic carbocycles. The number of hydrogen-bond acceptors (Lipinski definition) is 4. The monoisotopic (exact) mass is 257 g/mol. The van der Waals surface area contributed by atoms with Crippen molar-refractivity contribution in [2.45, 2.75) is 57.5 Å². The molecule has 0 amide bonds. The van der Waals surface area contributed by atoms with Crippen molar-refractivity contribution in [3.8, 4) is 12.1 Å². The maximum atomic E-state index is 9.07. The molecule has 100 valence electrons. The molecule has 5 heteroatoms. The maximum absolute atomic E-state index is 9.07.